The molecule has 1 N–H and O–H groups in total. The van der Waals surface area contributed by atoms with Crippen molar-refractivity contribution in [1.29, 1.82) is 0 Å². The summed E-state index contributed by atoms with van der Waals surface area (Å²) in [6.07, 6.45) is 2.10. The predicted octanol–water partition coefficient (Wildman–Crippen LogP) is 2.87. The lowest BCUT2D eigenvalue weighted by Crippen LogP contribution is -2.43. The molecule has 1 aliphatic rings. The zero-order valence-corrected chi connectivity index (χ0v) is 10.8. The number of aromatic nitrogens is 1. The highest BCUT2D eigenvalue weighted by Gasteiger charge is 2.27. The van der Waals surface area contributed by atoms with Gasteiger partial charge in [-0.3, -0.25) is 4.79 Å². The second-order valence-electron chi connectivity index (χ2n) is 5.19. The average Bonchev–Trinajstić information content (AvgIpc) is 2.87. The minimum atomic E-state index is -0.150. The van der Waals surface area contributed by atoms with Gasteiger partial charge in [0, 0.05) is 17.7 Å². The maximum Gasteiger partial charge on any atom is 0.273 e. The van der Waals surface area contributed by atoms with E-state index in [1.807, 2.05) is 30.3 Å². The first kappa shape index (κ1) is 12.0. The van der Waals surface area contributed by atoms with Crippen LogP contribution in [0.25, 0.3) is 11.3 Å². The number of benzene rings is 1. The van der Waals surface area contributed by atoms with Crippen molar-refractivity contribution in [2.45, 2.75) is 25.8 Å². The van der Waals surface area contributed by atoms with Crippen molar-refractivity contribution >= 4 is 5.91 Å². The summed E-state index contributed by atoms with van der Waals surface area (Å²) in [4.78, 5) is 12.0. The van der Waals surface area contributed by atoms with E-state index in [-0.39, 0.29) is 5.91 Å². The van der Waals surface area contributed by atoms with E-state index in [1.54, 1.807) is 6.07 Å². The van der Waals surface area contributed by atoms with Crippen molar-refractivity contribution in [2.24, 2.45) is 5.92 Å². The van der Waals surface area contributed by atoms with E-state index in [0.717, 1.165) is 18.4 Å². The predicted molar refractivity (Wildman–Crippen MR) is 71.6 cm³/mol. The van der Waals surface area contributed by atoms with Crippen LogP contribution in [0.5, 0.6) is 0 Å². The zero-order chi connectivity index (χ0) is 13.2. The third kappa shape index (κ3) is 2.52. The molecule has 0 radical (unpaired) electrons. The molecule has 0 unspecified atom stereocenters. The first-order valence-electron chi connectivity index (χ1n) is 6.55. The van der Waals surface area contributed by atoms with Crippen molar-refractivity contribution in [2.75, 3.05) is 0 Å². The molecule has 4 heteroatoms. The molecule has 1 aromatic carbocycles. The molecular formula is C15H16N2O2. The van der Waals surface area contributed by atoms with Crippen molar-refractivity contribution in [3.05, 3.63) is 42.1 Å². The fraction of sp³-hybridized carbons (Fsp3) is 0.333. The van der Waals surface area contributed by atoms with Crippen LogP contribution < -0.4 is 5.32 Å². The number of carbonyl (C=O) groups excluding carboxylic acids is 1. The highest BCUT2D eigenvalue weighted by atomic mass is 16.5. The molecule has 2 aromatic rings. The normalized spacial score (nSPS) is 21.7. The molecule has 1 fully saturated rings. The Hall–Kier alpha value is -2.10. The summed E-state index contributed by atoms with van der Waals surface area (Å²) >= 11 is 0. The van der Waals surface area contributed by atoms with Crippen LogP contribution in [0.2, 0.25) is 0 Å². The highest BCUT2D eigenvalue weighted by Crippen LogP contribution is 2.26. The lowest BCUT2D eigenvalue weighted by molar-refractivity contribution is 0.0887. The lowest BCUT2D eigenvalue weighted by Gasteiger charge is -2.32. The minimum Gasteiger partial charge on any atom is -0.355 e. The van der Waals surface area contributed by atoms with Gasteiger partial charge in [-0.15, -0.1) is 0 Å². The smallest absolute Gasteiger partial charge is 0.273 e. The van der Waals surface area contributed by atoms with Gasteiger partial charge in [-0.05, 0) is 18.8 Å². The van der Waals surface area contributed by atoms with Crippen molar-refractivity contribution in [3.63, 3.8) is 0 Å². The molecule has 1 amide bonds. The quantitative estimate of drug-likeness (QED) is 0.918. The van der Waals surface area contributed by atoms with Crippen LogP contribution in [0, 0.1) is 5.92 Å². The summed E-state index contributed by atoms with van der Waals surface area (Å²) in [5.41, 5.74) is 1.27. The minimum absolute atomic E-state index is 0.150. The zero-order valence-electron chi connectivity index (χ0n) is 10.8. The molecule has 1 aliphatic carbocycles. The van der Waals surface area contributed by atoms with E-state index < -0.39 is 0 Å². The lowest BCUT2D eigenvalue weighted by atomic mass is 9.82. The highest BCUT2D eigenvalue weighted by molar-refractivity contribution is 5.93. The number of nitrogens with zero attached hydrogens (tertiary/aromatic N) is 1. The van der Waals surface area contributed by atoms with Crippen molar-refractivity contribution in [1.82, 2.24) is 10.5 Å². The maximum absolute atomic E-state index is 12.0. The van der Waals surface area contributed by atoms with E-state index in [4.69, 9.17) is 4.52 Å². The van der Waals surface area contributed by atoms with Gasteiger partial charge in [-0.1, -0.05) is 42.4 Å². The maximum atomic E-state index is 12.0. The molecule has 4 nitrogen and oxygen atoms in total. The first-order chi connectivity index (χ1) is 9.22. The van der Waals surface area contributed by atoms with Gasteiger partial charge in [0.2, 0.25) is 0 Å². The number of amides is 1. The summed E-state index contributed by atoms with van der Waals surface area (Å²) in [6.45, 7) is 2.19. The summed E-state index contributed by atoms with van der Waals surface area (Å²) in [6, 6.07) is 11.6. The Morgan fingerprint density at radius 1 is 1.32 bits per heavy atom. The number of carbonyl (C=O) groups is 1. The molecule has 1 heterocycles. The van der Waals surface area contributed by atoms with E-state index in [0.29, 0.717) is 23.4 Å². The molecule has 0 aliphatic heterocycles. The summed E-state index contributed by atoms with van der Waals surface area (Å²) in [5, 5.41) is 6.80. The Kier molecular flexibility index (Phi) is 3.07. The summed E-state index contributed by atoms with van der Waals surface area (Å²) < 4.78 is 5.22. The summed E-state index contributed by atoms with van der Waals surface area (Å²) in [5.74, 6) is 1.18. The second-order valence-corrected chi connectivity index (χ2v) is 5.19. The van der Waals surface area contributed by atoms with Crippen molar-refractivity contribution < 1.29 is 9.32 Å². The molecule has 3 rings (SSSR count). The van der Waals surface area contributed by atoms with Crippen LogP contribution in [0.4, 0.5) is 0 Å². The number of hydrogen-bond donors (Lipinski definition) is 1. The topological polar surface area (TPSA) is 55.1 Å². The number of hydrogen-bond acceptors (Lipinski definition) is 3. The molecule has 0 atom stereocenters. The molecule has 19 heavy (non-hydrogen) atoms. The van der Waals surface area contributed by atoms with Gasteiger partial charge in [-0.2, -0.15) is 0 Å². The molecular weight excluding hydrogens is 240 g/mol. The van der Waals surface area contributed by atoms with Crippen LogP contribution in [-0.2, 0) is 0 Å². The fourth-order valence-electron chi connectivity index (χ4n) is 2.40. The SMILES string of the molecule is CC1CC(NC(=O)c2cc(-c3ccccc3)on2)C1. The number of nitrogens with one attached hydrogen (secondary N) is 1. The van der Waals surface area contributed by atoms with Crippen LogP contribution in [0.3, 0.4) is 0 Å². The van der Waals surface area contributed by atoms with Gasteiger partial charge in [0.1, 0.15) is 0 Å². The van der Waals surface area contributed by atoms with Gasteiger partial charge >= 0.3 is 0 Å². The van der Waals surface area contributed by atoms with E-state index in [1.165, 1.54) is 0 Å². The molecule has 0 spiro atoms. The average molecular weight is 256 g/mol. The molecule has 1 aromatic heterocycles. The van der Waals surface area contributed by atoms with Gasteiger partial charge in [0.15, 0.2) is 11.5 Å². The Morgan fingerprint density at radius 2 is 2.05 bits per heavy atom. The van der Waals surface area contributed by atoms with Crippen LogP contribution >= 0.6 is 0 Å². The van der Waals surface area contributed by atoms with Gasteiger partial charge in [0.05, 0.1) is 0 Å². The van der Waals surface area contributed by atoms with E-state index in [2.05, 4.69) is 17.4 Å². The van der Waals surface area contributed by atoms with Gasteiger partial charge in [-0.25, -0.2) is 0 Å². The fourth-order valence-corrected chi connectivity index (χ4v) is 2.40. The third-order valence-electron chi connectivity index (χ3n) is 3.51. The Morgan fingerprint density at radius 3 is 2.74 bits per heavy atom. The summed E-state index contributed by atoms with van der Waals surface area (Å²) in [7, 11) is 0. The molecule has 98 valence electrons. The van der Waals surface area contributed by atoms with Crippen LogP contribution in [-0.4, -0.2) is 17.1 Å². The Bertz CT molecular complexity index is 571. The van der Waals surface area contributed by atoms with E-state index in [9.17, 15) is 4.79 Å². The molecule has 0 bridgehead atoms. The second kappa shape index (κ2) is 4.88. The van der Waals surface area contributed by atoms with Gasteiger partial charge < -0.3 is 9.84 Å². The Labute approximate surface area is 111 Å². The number of rotatable bonds is 3. The monoisotopic (exact) mass is 256 g/mol. The molecule has 1 saturated carbocycles. The van der Waals surface area contributed by atoms with Crippen molar-refractivity contribution in [3.8, 4) is 11.3 Å². The first-order valence-corrected chi connectivity index (χ1v) is 6.55. The van der Waals surface area contributed by atoms with Crippen LogP contribution in [0.1, 0.15) is 30.3 Å². The van der Waals surface area contributed by atoms with Gasteiger partial charge in [0.25, 0.3) is 5.91 Å². The van der Waals surface area contributed by atoms with E-state index >= 15 is 0 Å². The Balaban J connectivity index is 1.69. The standard InChI is InChI=1S/C15H16N2O2/c1-10-7-12(8-10)16-15(18)13-9-14(19-17-13)11-5-3-2-4-6-11/h2-6,9-10,12H,7-8H2,1H3,(H,16,18). The molecule has 0 saturated heterocycles. The largest absolute Gasteiger partial charge is 0.355 e. The van der Waals surface area contributed by atoms with Crippen LogP contribution in [0.15, 0.2) is 40.9 Å². The third-order valence-corrected chi connectivity index (χ3v) is 3.51.